The second-order valence-electron chi connectivity index (χ2n) is 6.83. The van der Waals surface area contributed by atoms with E-state index < -0.39 is 0 Å². The van der Waals surface area contributed by atoms with E-state index in [4.69, 9.17) is 0 Å². The van der Waals surface area contributed by atoms with Crippen LogP contribution in [-0.2, 0) is 17.6 Å². The van der Waals surface area contributed by atoms with E-state index in [-0.39, 0.29) is 24.5 Å². The molecule has 136 valence electrons. The van der Waals surface area contributed by atoms with Crippen molar-refractivity contribution in [2.24, 2.45) is 0 Å². The highest BCUT2D eigenvalue weighted by molar-refractivity contribution is 6.00. The molecule has 0 unspecified atom stereocenters. The summed E-state index contributed by atoms with van der Waals surface area (Å²) < 4.78 is 1.89. The molecule has 0 spiro atoms. The number of nitrogens with one attached hydrogen (secondary N) is 1. The molecule has 5 nitrogen and oxygen atoms in total. The van der Waals surface area contributed by atoms with Gasteiger partial charge in [-0.2, -0.15) is 0 Å². The highest BCUT2D eigenvalue weighted by Gasteiger charge is 2.15. The van der Waals surface area contributed by atoms with Crippen molar-refractivity contribution < 1.29 is 9.59 Å². The molecule has 2 aromatic carbocycles. The van der Waals surface area contributed by atoms with E-state index in [0.29, 0.717) is 11.3 Å². The van der Waals surface area contributed by atoms with Crippen molar-refractivity contribution in [3.05, 3.63) is 77.9 Å². The molecule has 0 saturated carbocycles. The number of imidazole rings is 1. The van der Waals surface area contributed by atoms with Gasteiger partial charge in [-0.1, -0.05) is 12.1 Å². The number of hydrogen-bond donors (Lipinski definition) is 1. The molecule has 0 radical (unpaired) electrons. The molecule has 4 rings (SSSR count). The molecule has 1 aliphatic carbocycles. The van der Waals surface area contributed by atoms with Crippen molar-refractivity contribution in [2.75, 3.05) is 5.32 Å². The molecule has 1 N–H and O–H groups in total. The SMILES string of the molecule is O=C(CCC(=O)c1ccc2c(c1)CCC2)Nc1ccc(-n2ccnc2)cc1. The molecule has 0 fully saturated rings. The molecule has 1 aliphatic rings. The van der Waals surface area contributed by atoms with E-state index in [1.165, 1.54) is 11.1 Å². The third-order valence-corrected chi connectivity index (χ3v) is 4.95. The Morgan fingerprint density at radius 3 is 2.59 bits per heavy atom. The van der Waals surface area contributed by atoms with E-state index in [1.807, 2.05) is 47.2 Å². The highest BCUT2D eigenvalue weighted by atomic mass is 16.2. The van der Waals surface area contributed by atoms with Crippen molar-refractivity contribution in [3.8, 4) is 5.69 Å². The predicted molar refractivity (Wildman–Crippen MR) is 104 cm³/mol. The minimum Gasteiger partial charge on any atom is -0.326 e. The van der Waals surface area contributed by atoms with Crippen LogP contribution in [0, 0.1) is 0 Å². The van der Waals surface area contributed by atoms with Crippen LogP contribution in [-0.4, -0.2) is 21.2 Å². The zero-order valence-corrected chi connectivity index (χ0v) is 15.0. The monoisotopic (exact) mass is 359 g/mol. The fourth-order valence-corrected chi connectivity index (χ4v) is 3.47. The zero-order valence-electron chi connectivity index (χ0n) is 15.0. The largest absolute Gasteiger partial charge is 0.326 e. The molecule has 0 aliphatic heterocycles. The number of aryl methyl sites for hydroxylation is 2. The summed E-state index contributed by atoms with van der Waals surface area (Å²) in [4.78, 5) is 28.6. The Hall–Kier alpha value is -3.21. The third-order valence-electron chi connectivity index (χ3n) is 4.95. The normalized spacial score (nSPS) is 12.6. The summed E-state index contributed by atoms with van der Waals surface area (Å²) in [5.41, 5.74) is 5.03. The number of carbonyl (C=O) groups is 2. The summed E-state index contributed by atoms with van der Waals surface area (Å²) in [5, 5.41) is 2.85. The van der Waals surface area contributed by atoms with Gasteiger partial charge in [-0.3, -0.25) is 9.59 Å². The first-order chi connectivity index (χ1) is 13.2. The van der Waals surface area contributed by atoms with E-state index in [0.717, 1.165) is 24.9 Å². The van der Waals surface area contributed by atoms with Gasteiger partial charge in [0.1, 0.15) is 0 Å². The zero-order chi connectivity index (χ0) is 18.6. The molecule has 0 atom stereocenters. The lowest BCUT2D eigenvalue weighted by molar-refractivity contribution is -0.116. The fraction of sp³-hybridized carbons (Fsp3) is 0.227. The Morgan fingerprint density at radius 1 is 1.00 bits per heavy atom. The van der Waals surface area contributed by atoms with Gasteiger partial charge in [-0.05, 0) is 60.7 Å². The Morgan fingerprint density at radius 2 is 1.81 bits per heavy atom. The number of nitrogens with zero attached hydrogens (tertiary/aromatic N) is 2. The maximum absolute atomic E-state index is 12.4. The number of ketones is 1. The summed E-state index contributed by atoms with van der Waals surface area (Å²) in [6, 6.07) is 13.4. The number of benzene rings is 2. The highest BCUT2D eigenvalue weighted by Crippen LogP contribution is 2.23. The quantitative estimate of drug-likeness (QED) is 0.678. The molecular formula is C22H21N3O2. The van der Waals surface area contributed by atoms with Crippen LogP contribution in [0.25, 0.3) is 5.69 Å². The van der Waals surface area contributed by atoms with Crippen LogP contribution in [0.5, 0.6) is 0 Å². The maximum Gasteiger partial charge on any atom is 0.224 e. The number of Topliss-reactive ketones (excluding diaryl/α,β-unsaturated/α-hetero) is 1. The number of rotatable bonds is 6. The number of fused-ring (bicyclic) bond motifs is 1. The van der Waals surface area contributed by atoms with Gasteiger partial charge >= 0.3 is 0 Å². The minimum absolute atomic E-state index is 0.0234. The van der Waals surface area contributed by atoms with Crippen molar-refractivity contribution in [1.82, 2.24) is 9.55 Å². The van der Waals surface area contributed by atoms with Crippen LogP contribution in [0.3, 0.4) is 0 Å². The molecular weight excluding hydrogens is 338 g/mol. The number of carbonyl (C=O) groups excluding carboxylic acids is 2. The van der Waals surface area contributed by atoms with Crippen LogP contribution in [0.2, 0.25) is 0 Å². The van der Waals surface area contributed by atoms with Crippen LogP contribution in [0.4, 0.5) is 5.69 Å². The molecule has 1 aromatic heterocycles. The summed E-state index contributed by atoms with van der Waals surface area (Å²) >= 11 is 0. The van der Waals surface area contributed by atoms with Gasteiger partial charge in [0.25, 0.3) is 0 Å². The average Bonchev–Trinajstić information content (AvgIpc) is 3.38. The number of hydrogen-bond acceptors (Lipinski definition) is 3. The molecule has 0 bridgehead atoms. The first kappa shape index (κ1) is 17.2. The molecule has 1 amide bonds. The summed E-state index contributed by atoms with van der Waals surface area (Å²) in [6.07, 6.45) is 9.01. The Bertz CT molecular complexity index is 960. The van der Waals surface area contributed by atoms with E-state index in [2.05, 4.69) is 16.4 Å². The van der Waals surface area contributed by atoms with Crippen molar-refractivity contribution >= 4 is 17.4 Å². The van der Waals surface area contributed by atoms with Crippen molar-refractivity contribution in [1.29, 1.82) is 0 Å². The van der Waals surface area contributed by atoms with Crippen molar-refractivity contribution in [2.45, 2.75) is 32.1 Å². The molecule has 5 heteroatoms. The van der Waals surface area contributed by atoms with Gasteiger partial charge in [-0.15, -0.1) is 0 Å². The van der Waals surface area contributed by atoms with Gasteiger partial charge < -0.3 is 9.88 Å². The number of anilines is 1. The second-order valence-corrected chi connectivity index (χ2v) is 6.83. The van der Waals surface area contributed by atoms with Gasteiger partial charge in [-0.25, -0.2) is 4.98 Å². The Kier molecular flexibility index (Phi) is 4.83. The summed E-state index contributed by atoms with van der Waals surface area (Å²) in [5.74, 6) is -0.129. The van der Waals surface area contributed by atoms with Crippen LogP contribution in [0.15, 0.2) is 61.2 Å². The van der Waals surface area contributed by atoms with Gasteiger partial charge in [0.05, 0.1) is 6.33 Å². The van der Waals surface area contributed by atoms with Gasteiger partial charge in [0, 0.05) is 42.2 Å². The molecule has 1 heterocycles. The first-order valence-electron chi connectivity index (χ1n) is 9.22. The predicted octanol–water partition coefficient (Wildman–Crippen LogP) is 3.96. The van der Waals surface area contributed by atoms with Gasteiger partial charge in [0.15, 0.2) is 5.78 Å². The fourth-order valence-electron chi connectivity index (χ4n) is 3.47. The summed E-state index contributed by atoms with van der Waals surface area (Å²) in [7, 11) is 0. The van der Waals surface area contributed by atoms with Crippen LogP contribution in [0.1, 0.15) is 40.7 Å². The first-order valence-corrected chi connectivity index (χ1v) is 9.22. The van der Waals surface area contributed by atoms with E-state index in [1.54, 1.807) is 12.5 Å². The summed E-state index contributed by atoms with van der Waals surface area (Å²) in [6.45, 7) is 0. The van der Waals surface area contributed by atoms with E-state index in [9.17, 15) is 9.59 Å². The standard InChI is InChI=1S/C22H21N3O2/c26-21(18-5-4-16-2-1-3-17(16)14-18)10-11-22(27)24-19-6-8-20(9-7-19)25-13-12-23-15-25/h4-9,12-15H,1-3,10-11H2,(H,24,27). The van der Waals surface area contributed by atoms with Crippen molar-refractivity contribution in [3.63, 3.8) is 0 Å². The van der Waals surface area contributed by atoms with Gasteiger partial charge in [0.2, 0.25) is 5.91 Å². The third kappa shape index (κ3) is 3.97. The van der Waals surface area contributed by atoms with Crippen LogP contribution < -0.4 is 5.32 Å². The molecule has 0 saturated heterocycles. The topological polar surface area (TPSA) is 64.0 Å². The van der Waals surface area contributed by atoms with E-state index >= 15 is 0 Å². The average molecular weight is 359 g/mol. The number of amides is 1. The minimum atomic E-state index is -0.153. The van der Waals surface area contributed by atoms with Crippen LogP contribution >= 0.6 is 0 Å². The Balaban J connectivity index is 1.31. The number of aromatic nitrogens is 2. The smallest absolute Gasteiger partial charge is 0.224 e. The molecule has 27 heavy (non-hydrogen) atoms. The lowest BCUT2D eigenvalue weighted by Crippen LogP contribution is -2.13. The second kappa shape index (κ2) is 7.58. The maximum atomic E-state index is 12.4. The lowest BCUT2D eigenvalue weighted by atomic mass is 10.0. The Labute approximate surface area is 158 Å². The molecule has 3 aromatic rings. The lowest BCUT2D eigenvalue weighted by Gasteiger charge is -2.07.